The van der Waals surface area contributed by atoms with E-state index in [9.17, 15) is 0 Å². The lowest BCUT2D eigenvalue weighted by atomic mass is 10.1. The lowest BCUT2D eigenvalue weighted by Gasteiger charge is -2.09. The number of alkyl halides is 1. The summed E-state index contributed by atoms with van der Waals surface area (Å²) in [6, 6.07) is 8.34. The van der Waals surface area contributed by atoms with Crippen LogP contribution in [0.25, 0.3) is 0 Å². The van der Waals surface area contributed by atoms with Crippen molar-refractivity contribution in [1.82, 2.24) is 0 Å². The number of halogens is 3. The van der Waals surface area contributed by atoms with E-state index in [-0.39, 0.29) is 4.83 Å². The van der Waals surface area contributed by atoms with Crippen LogP contribution in [0.3, 0.4) is 0 Å². The third-order valence-electron chi connectivity index (χ3n) is 2.48. The molecule has 0 saturated heterocycles. The SMILES string of the molecule is Cc1cc(Cl)cc(C(Br)c2cc(C)c(Br)s2)c1. The highest BCUT2D eigenvalue weighted by Crippen LogP contribution is 2.39. The van der Waals surface area contributed by atoms with Gasteiger partial charge in [-0.2, -0.15) is 0 Å². The Morgan fingerprint density at radius 1 is 1.18 bits per heavy atom. The molecule has 0 spiro atoms. The molecule has 1 heterocycles. The predicted octanol–water partition coefficient (Wildman–Crippen LogP) is 6.27. The highest BCUT2D eigenvalue weighted by Gasteiger charge is 2.15. The van der Waals surface area contributed by atoms with Crippen molar-refractivity contribution in [3.05, 3.63) is 54.6 Å². The fraction of sp³-hybridized carbons (Fsp3) is 0.231. The van der Waals surface area contributed by atoms with E-state index in [0.717, 1.165) is 5.02 Å². The molecular weight excluding hydrogens is 383 g/mol. The summed E-state index contributed by atoms with van der Waals surface area (Å²) in [5.74, 6) is 0. The minimum absolute atomic E-state index is 0.204. The minimum atomic E-state index is 0.204. The standard InChI is InChI=1S/C13H11Br2ClS/c1-7-3-9(6-10(16)4-7)12(14)11-5-8(2)13(15)17-11/h3-6,12H,1-2H3. The Morgan fingerprint density at radius 3 is 2.41 bits per heavy atom. The molecule has 1 aromatic carbocycles. The predicted molar refractivity (Wildman–Crippen MR) is 83.7 cm³/mol. The third kappa shape index (κ3) is 3.14. The molecule has 1 unspecified atom stereocenters. The molecule has 0 fully saturated rings. The first kappa shape index (κ1) is 13.6. The van der Waals surface area contributed by atoms with Gasteiger partial charge in [0.05, 0.1) is 8.61 Å². The van der Waals surface area contributed by atoms with Crippen molar-refractivity contribution in [3.8, 4) is 0 Å². The molecule has 0 aliphatic heterocycles. The normalized spacial score (nSPS) is 12.8. The van der Waals surface area contributed by atoms with Gasteiger partial charge in [-0.1, -0.05) is 33.6 Å². The summed E-state index contributed by atoms with van der Waals surface area (Å²) in [6.07, 6.45) is 0. The quantitative estimate of drug-likeness (QED) is 0.527. The third-order valence-corrected chi connectivity index (χ3v) is 6.23. The van der Waals surface area contributed by atoms with E-state index < -0.39 is 0 Å². The highest BCUT2D eigenvalue weighted by molar-refractivity contribution is 9.11. The second-order valence-electron chi connectivity index (χ2n) is 4.03. The zero-order chi connectivity index (χ0) is 12.6. The van der Waals surface area contributed by atoms with Crippen LogP contribution in [0, 0.1) is 13.8 Å². The second-order valence-corrected chi connectivity index (χ2v) is 7.78. The van der Waals surface area contributed by atoms with E-state index >= 15 is 0 Å². The molecule has 0 amide bonds. The van der Waals surface area contributed by atoms with Crippen LogP contribution in [0.1, 0.15) is 26.4 Å². The van der Waals surface area contributed by atoms with Crippen LogP contribution in [-0.2, 0) is 0 Å². The molecule has 0 aliphatic carbocycles. The summed E-state index contributed by atoms with van der Waals surface area (Å²) < 4.78 is 1.19. The van der Waals surface area contributed by atoms with Crippen LogP contribution in [0.15, 0.2) is 28.1 Å². The summed E-state index contributed by atoms with van der Waals surface area (Å²) in [6.45, 7) is 4.16. The molecule has 0 aliphatic rings. The summed E-state index contributed by atoms with van der Waals surface area (Å²) >= 11 is 15.1. The Labute approximate surface area is 127 Å². The van der Waals surface area contributed by atoms with Gasteiger partial charge in [0, 0.05) is 9.90 Å². The van der Waals surface area contributed by atoms with Crippen molar-refractivity contribution in [2.24, 2.45) is 0 Å². The largest absolute Gasteiger partial charge is 0.131 e. The van der Waals surface area contributed by atoms with Crippen molar-refractivity contribution in [1.29, 1.82) is 0 Å². The minimum Gasteiger partial charge on any atom is -0.131 e. The van der Waals surface area contributed by atoms with E-state index in [1.165, 1.54) is 25.4 Å². The molecule has 4 heteroatoms. The van der Waals surface area contributed by atoms with E-state index in [0.29, 0.717) is 0 Å². The zero-order valence-corrected chi connectivity index (χ0v) is 14.2. The maximum absolute atomic E-state index is 6.09. The fourth-order valence-corrected chi connectivity index (χ4v) is 4.24. The smallest absolute Gasteiger partial charge is 0.0739 e. The molecule has 2 aromatic rings. The number of rotatable bonds is 2. The Kier molecular flexibility index (Phi) is 4.35. The lowest BCUT2D eigenvalue weighted by molar-refractivity contribution is 1.20. The van der Waals surface area contributed by atoms with Gasteiger partial charge in [-0.25, -0.2) is 0 Å². The maximum Gasteiger partial charge on any atom is 0.0739 e. The van der Waals surface area contributed by atoms with Crippen LogP contribution in [-0.4, -0.2) is 0 Å². The summed E-state index contributed by atoms with van der Waals surface area (Å²) in [5.41, 5.74) is 3.65. The van der Waals surface area contributed by atoms with E-state index in [4.69, 9.17) is 11.6 Å². The van der Waals surface area contributed by atoms with Crippen LogP contribution >= 0.6 is 54.8 Å². The van der Waals surface area contributed by atoms with E-state index in [1.54, 1.807) is 11.3 Å². The molecule has 0 nitrogen and oxygen atoms in total. The number of hydrogen-bond acceptors (Lipinski definition) is 1. The maximum atomic E-state index is 6.09. The van der Waals surface area contributed by atoms with Gasteiger partial charge in [0.2, 0.25) is 0 Å². The van der Waals surface area contributed by atoms with Crippen molar-refractivity contribution in [3.63, 3.8) is 0 Å². The van der Waals surface area contributed by atoms with Gasteiger partial charge in [-0.05, 0) is 64.7 Å². The van der Waals surface area contributed by atoms with Crippen molar-refractivity contribution in [2.45, 2.75) is 18.7 Å². The van der Waals surface area contributed by atoms with Gasteiger partial charge in [0.15, 0.2) is 0 Å². The first-order chi connectivity index (χ1) is 7.97. The Bertz CT molecular complexity index is 509. The molecule has 1 aromatic heterocycles. The number of hydrogen-bond donors (Lipinski definition) is 0. The molecule has 0 saturated carbocycles. The Hall–Kier alpha value is 0.170. The molecule has 2 rings (SSSR count). The molecule has 90 valence electrons. The second kappa shape index (κ2) is 5.43. The van der Waals surface area contributed by atoms with E-state index in [2.05, 4.69) is 57.8 Å². The fourth-order valence-electron chi connectivity index (χ4n) is 1.68. The van der Waals surface area contributed by atoms with Crippen LogP contribution < -0.4 is 0 Å². The molecule has 1 atom stereocenters. The first-order valence-electron chi connectivity index (χ1n) is 5.14. The molecule has 0 bridgehead atoms. The average Bonchev–Trinajstić information content (AvgIpc) is 2.57. The lowest BCUT2D eigenvalue weighted by Crippen LogP contribution is -1.90. The van der Waals surface area contributed by atoms with Crippen molar-refractivity contribution < 1.29 is 0 Å². The van der Waals surface area contributed by atoms with Crippen LogP contribution in [0.2, 0.25) is 5.02 Å². The van der Waals surface area contributed by atoms with Gasteiger partial charge in [-0.3, -0.25) is 0 Å². The van der Waals surface area contributed by atoms with Crippen LogP contribution in [0.4, 0.5) is 0 Å². The Balaban J connectivity index is 2.39. The van der Waals surface area contributed by atoms with E-state index in [1.807, 2.05) is 12.1 Å². The summed E-state index contributed by atoms with van der Waals surface area (Å²) in [4.78, 5) is 1.49. The molecule has 17 heavy (non-hydrogen) atoms. The first-order valence-corrected chi connectivity index (χ1v) is 8.04. The molecule has 0 radical (unpaired) electrons. The van der Waals surface area contributed by atoms with Gasteiger partial charge in [0.1, 0.15) is 0 Å². The number of benzene rings is 1. The Morgan fingerprint density at radius 2 is 1.88 bits per heavy atom. The zero-order valence-electron chi connectivity index (χ0n) is 9.43. The number of aryl methyl sites for hydroxylation is 2. The van der Waals surface area contributed by atoms with Crippen molar-refractivity contribution in [2.75, 3.05) is 0 Å². The monoisotopic (exact) mass is 392 g/mol. The summed E-state index contributed by atoms with van der Waals surface area (Å²) in [5, 5.41) is 0.789. The summed E-state index contributed by atoms with van der Waals surface area (Å²) in [7, 11) is 0. The van der Waals surface area contributed by atoms with Gasteiger partial charge < -0.3 is 0 Å². The van der Waals surface area contributed by atoms with Gasteiger partial charge >= 0.3 is 0 Å². The average molecular weight is 395 g/mol. The van der Waals surface area contributed by atoms with Crippen LogP contribution in [0.5, 0.6) is 0 Å². The van der Waals surface area contributed by atoms with Crippen molar-refractivity contribution >= 4 is 54.8 Å². The topological polar surface area (TPSA) is 0 Å². The molecule has 0 N–H and O–H groups in total. The number of thiophene rings is 1. The highest BCUT2D eigenvalue weighted by atomic mass is 79.9. The van der Waals surface area contributed by atoms with Gasteiger partial charge in [0.25, 0.3) is 0 Å². The van der Waals surface area contributed by atoms with Gasteiger partial charge in [-0.15, -0.1) is 11.3 Å². The molecular formula is C13H11Br2ClS.